The smallest absolute Gasteiger partial charge is 0.325 e. The van der Waals surface area contributed by atoms with Crippen LogP contribution in [0.1, 0.15) is 18.1 Å². The van der Waals surface area contributed by atoms with Crippen molar-refractivity contribution >= 4 is 44.4 Å². The summed E-state index contributed by atoms with van der Waals surface area (Å²) in [6, 6.07) is 21.4. The van der Waals surface area contributed by atoms with Crippen LogP contribution < -0.4 is 9.29 Å². The number of hydrogen-bond donors (Lipinski definition) is 2. The van der Waals surface area contributed by atoms with Gasteiger partial charge in [0.05, 0.1) is 5.75 Å². The van der Waals surface area contributed by atoms with E-state index in [1.54, 1.807) is 42.5 Å². The molecule has 8 heteroatoms. The second kappa shape index (κ2) is 9.18. The van der Waals surface area contributed by atoms with Crippen molar-refractivity contribution in [3.05, 3.63) is 83.9 Å². The first kappa shape index (κ1) is 22.1. The minimum absolute atomic E-state index is 0.0641. The predicted octanol–water partition coefficient (Wildman–Crippen LogP) is 4.29. The molecule has 0 aliphatic carbocycles. The Bertz CT molecular complexity index is 1380. The Hall–Kier alpha value is -3.10. The van der Waals surface area contributed by atoms with Crippen molar-refractivity contribution in [2.24, 2.45) is 0 Å². The number of carbonyl (C=O) groups excluding carboxylic acids is 1. The number of amides is 1. The quantitative estimate of drug-likeness (QED) is 0.314. The Morgan fingerprint density at radius 2 is 1.72 bits per heavy atom. The lowest BCUT2D eigenvalue weighted by Crippen LogP contribution is -2.44. The van der Waals surface area contributed by atoms with Crippen LogP contribution in [0.15, 0.2) is 82.8 Å². The lowest BCUT2D eigenvalue weighted by atomic mass is 10.1. The maximum atomic E-state index is 13.4. The van der Waals surface area contributed by atoms with E-state index < -0.39 is 10.0 Å². The van der Waals surface area contributed by atoms with E-state index in [1.807, 2.05) is 44.2 Å². The standard InChI is InChI=1S/C24H23N3O3S2/c1-3-18-11-9-10-17(2)23(18)26-22(28)16-31-24-25-20-14-7-8-15-21(20)27(24)32(29,30)19-12-5-4-6-13-19/h4-15H,3,16H2,1-2H3,(H,26,28)/p+1. The van der Waals surface area contributed by atoms with Gasteiger partial charge in [0, 0.05) is 5.69 Å². The minimum Gasteiger partial charge on any atom is -0.325 e. The van der Waals surface area contributed by atoms with Crippen molar-refractivity contribution in [1.82, 2.24) is 4.98 Å². The topological polar surface area (TPSA) is 82.9 Å². The van der Waals surface area contributed by atoms with Gasteiger partial charge < -0.3 is 5.32 Å². The minimum atomic E-state index is -3.84. The highest BCUT2D eigenvalue weighted by Gasteiger charge is 2.31. The molecule has 6 nitrogen and oxygen atoms in total. The zero-order chi connectivity index (χ0) is 22.7. The number of benzene rings is 3. The van der Waals surface area contributed by atoms with E-state index in [0.29, 0.717) is 16.2 Å². The summed E-state index contributed by atoms with van der Waals surface area (Å²) in [4.78, 5) is 16.1. The van der Waals surface area contributed by atoms with Crippen LogP contribution in [0.2, 0.25) is 0 Å². The number of nitrogens with one attached hydrogen (secondary N) is 2. The molecule has 164 valence electrons. The number of nitrogens with zero attached hydrogens (tertiary/aromatic N) is 1. The average Bonchev–Trinajstić information content (AvgIpc) is 3.19. The third-order valence-electron chi connectivity index (χ3n) is 5.17. The molecule has 2 N–H and O–H groups in total. The second-order valence-electron chi connectivity index (χ2n) is 7.33. The van der Waals surface area contributed by atoms with Gasteiger partial charge in [0.15, 0.2) is 11.0 Å². The van der Waals surface area contributed by atoms with Crippen LogP contribution in [0.4, 0.5) is 5.69 Å². The largest absolute Gasteiger partial charge is 0.336 e. The molecule has 0 aliphatic rings. The molecule has 1 heterocycles. The fraction of sp³-hybridized carbons (Fsp3) is 0.167. The number of H-pyrrole nitrogens is 1. The highest BCUT2D eigenvalue weighted by atomic mass is 32.2. The molecule has 1 amide bonds. The summed E-state index contributed by atoms with van der Waals surface area (Å²) in [6.45, 7) is 4.00. The van der Waals surface area contributed by atoms with Crippen molar-refractivity contribution in [2.45, 2.75) is 30.3 Å². The molecule has 0 fully saturated rings. The summed E-state index contributed by atoms with van der Waals surface area (Å²) in [7, 11) is -3.84. The Kier molecular flexibility index (Phi) is 6.34. The van der Waals surface area contributed by atoms with Gasteiger partial charge in [-0.25, -0.2) is 4.98 Å². The van der Waals surface area contributed by atoms with Gasteiger partial charge in [0.25, 0.3) is 0 Å². The highest BCUT2D eigenvalue weighted by molar-refractivity contribution is 8.00. The molecule has 1 aromatic heterocycles. The number of anilines is 1. The molecule has 0 bridgehead atoms. The molecule has 32 heavy (non-hydrogen) atoms. The molecule has 0 aliphatic heterocycles. The van der Waals surface area contributed by atoms with E-state index in [9.17, 15) is 13.2 Å². The van der Waals surface area contributed by atoms with Gasteiger partial charge in [-0.15, -0.1) is 3.97 Å². The van der Waals surface area contributed by atoms with Gasteiger partial charge >= 0.3 is 15.2 Å². The van der Waals surface area contributed by atoms with Crippen molar-refractivity contribution in [1.29, 1.82) is 0 Å². The fourth-order valence-electron chi connectivity index (χ4n) is 3.57. The van der Waals surface area contributed by atoms with Crippen LogP contribution in [0.3, 0.4) is 0 Å². The number of para-hydroxylation sites is 3. The summed E-state index contributed by atoms with van der Waals surface area (Å²) < 4.78 is 28.1. The molecule has 0 saturated heterocycles. The van der Waals surface area contributed by atoms with E-state index in [4.69, 9.17) is 0 Å². The van der Waals surface area contributed by atoms with Gasteiger partial charge in [-0.1, -0.05) is 55.5 Å². The molecule has 4 aromatic rings. The van der Waals surface area contributed by atoms with Crippen LogP contribution in [-0.2, 0) is 21.2 Å². The molecule has 0 unspecified atom stereocenters. The normalized spacial score (nSPS) is 11.6. The van der Waals surface area contributed by atoms with E-state index in [0.717, 1.165) is 35.0 Å². The number of aryl methyl sites for hydroxylation is 2. The lowest BCUT2D eigenvalue weighted by Gasteiger charge is -2.12. The number of hydrogen-bond acceptors (Lipinski definition) is 4. The van der Waals surface area contributed by atoms with Crippen LogP contribution >= 0.6 is 11.8 Å². The number of aromatic amines is 1. The van der Waals surface area contributed by atoms with Crippen molar-refractivity contribution in [2.75, 3.05) is 11.1 Å². The summed E-state index contributed by atoms with van der Waals surface area (Å²) >= 11 is 1.16. The number of rotatable bonds is 7. The SMILES string of the molecule is CCc1cccc(C)c1NC(=O)CSc1[nH]c2ccccc2[n+]1S(=O)(=O)c1ccccc1. The molecule has 0 atom stereocenters. The van der Waals surface area contributed by atoms with Crippen LogP contribution in [0, 0.1) is 6.92 Å². The Labute approximate surface area is 191 Å². The molecular weight excluding hydrogens is 442 g/mol. The predicted molar refractivity (Wildman–Crippen MR) is 127 cm³/mol. The third-order valence-corrected chi connectivity index (χ3v) is 7.98. The summed E-state index contributed by atoms with van der Waals surface area (Å²) in [6.07, 6.45) is 0.807. The zero-order valence-electron chi connectivity index (χ0n) is 17.8. The number of imidazole rings is 1. The lowest BCUT2D eigenvalue weighted by molar-refractivity contribution is -0.526. The van der Waals surface area contributed by atoms with E-state index in [2.05, 4.69) is 10.3 Å². The fourth-order valence-corrected chi connectivity index (χ4v) is 6.16. The Morgan fingerprint density at radius 1 is 1.00 bits per heavy atom. The summed E-state index contributed by atoms with van der Waals surface area (Å²) in [5.74, 6) is -0.129. The highest BCUT2D eigenvalue weighted by Crippen LogP contribution is 2.24. The number of carbonyl (C=O) groups is 1. The molecule has 0 radical (unpaired) electrons. The Balaban J connectivity index is 1.65. The first-order chi connectivity index (χ1) is 15.4. The van der Waals surface area contributed by atoms with Crippen molar-refractivity contribution in [3.8, 4) is 0 Å². The van der Waals surface area contributed by atoms with Gasteiger partial charge in [0.2, 0.25) is 5.91 Å². The first-order valence-corrected chi connectivity index (χ1v) is 12.7. The monoisotopic (exact) mass is 466 g/mol. The number of aromatic nitrogens is 2. The maximum absolute atomic E-state index is 13.4. The molecule has 0 spiro atoms. The third kappa shape index (κ3) is 4.28. The first-order valence-electron chi connectivity index (χ1n) is 10.3. The van der Waals surface area contributed by atoms with Gasteiger partial charge in [-0.3, -0.25) is 4.79 Å². The number of fused-ring (bicyclic) bond motifs is 1. The molecule has 4 rings (SSSR count). The van der Waals surface area contributed by atoms with Crippen LogP contribution in [-0.4, -0.2) is 25.1 Å². The van der Waals surface area contributed by atoms with E-state index in [1.165, 1.54) is 3.97 Å². The van der Waals surface area contributed by atoms with Gasteiger partial charge in [-0.2, -0.15) is 8.42 Å². The van der Waals surface area contributed by atoms with Crippen LogP contribution in [0.25, 0.3) is 11.0 Å². The number of thioether (sulfide) groups is 1. The second-order valence-corrected chi connectivity index (χ2v) is 10.1. The molecule has 0 saturated carbocycles. The van der Waals surface area contributed by atoms with Crippen molar-refractivity contribution in [3.63, 3.8) is 0 Å². The zero-order valence-corrected chi connectivity index (χ0v) is 19.5. The average molecular weight is 467 g/mol. The molecular formula is C24H24N3O3S2+. The van der Waals surface area contributed by atoms with Crippen molar-refractivity contribution < 1.29 is 17.2 Å². The maximum Gasteiger partial charge on any atom is 0.336 e. The summed E-state index contributed by atoms with van der Waals surface area (Å²) in [5, 5.41) is 3.37. The van der Waals surface area contributed by atoms with E-state index in [-0.39, 0.29) is 16.6 Å². The summed E-state index contributed by atoms with van der Waals surface area (Å²) in [5.41, 5.74) is 4.10. The Morgan fingerprint density at radius 3 is 2.47 bits per heavy atom. The van der Waals surface area contributed by atoms with Gasteiger partial charge in [0.1, 0.15) is 4.90 Å². The molecule has 3 aromatic carbocycles. The van der Waals surface area contributed by atoms with Gasteiger partial charge in [-0.05, 0) is 60.5 Å². The van der Waals surface area contributed by atoms with Crippen LogP contribution in [0.5, 0.6) is 0 Å². The van der Waals surface area contributed by atoms with E-state index >= 15 is 0 Å².